The van der Waals surface area contributed by atoms with Gasteiger partial charge in [0.1, 0.15) is 5.41 Å². The summed E-state index contributed by atoms with van der Waals surface area (Å²) in [5.74, 6) is -0.469. The molecule has 0 unspecified atom stereocenters. The Labute approximate surface area is 115 Å². The van der Waals surface area contributed by atoms with Gasteiger partial charge in [-0.2, -0.15) is 0 Å². The van der Waals surface area contributed by atoms with Crippen molar-refractivity contribution >= 4 is 22.8 Å². The van der Waals surface area contributed by atoms with Gasteiger partial charge in [-0.1, -0.05) is 46.5 Å². The standard InChI is InChI=1S/C14H25ClO3/c1-4-7-8-9-10-11-18-13(17)14(5-2,6-3)12(15)16/h4-11H2,1-3H3. The summed E-state index contributed by atoms with van der Waals surface area (Å²) in [5, 5.41) is -0.608. The largest absolute Gasteiger partial charge is 0.465 e. The maximum Gasteiger partial charge on any atom is 0.320 e. The number of hydrogen-bond donors (Lipinski definition) is 0. The fraction of sp³-hybridized carbons (Fsp3) is 0.857. The third kappa shape index (κ3) is 4.97. The molecule has 0 aliphatic rings. The number of unbranched alkanes of at least 4 members (excludes halogenated alkanes) is 4. The van der Waals surface area contributed by atoms with E-state index in [2.05, 4.69) is 6.92 Å². The van der Waals surface area contributed by atoms with Crippen LogP contribution in [-0.2, 0) is 14.3 Å². The molecule has 4 heteroatoms. The number of halogens is 1. The highest BCUT2D eigenvalue weighted by atomic mass is 35.5. The molecule has 0 N–H and O–H groups in total. The number of rotatable bonds is 10. The van der Waals surface area contributed by atoms with Gasteiger partial charge in [0.2, 0.25) is 5.24 Å². The Kier molecular flexibility index (Phi) is 9.08. The van der Waals surface area contributed by atoms with Gasteiger partial charge in [-0.15, -0.1) is 0 Å². The van der Waals surface area contributed by atoms with Crippen molar-refractivity contribution in [2.45, 2.75) is 65.7 Å². The van der Waals surface area contributed by atoms with Gasteiger partial charge >= 0.3 is 5.97 Å². The van der Waals surface area contributed by atoms with E-state index in [-0.39, 0.29) is 0 Å². The molecule has 0 spiro atoms. The molecular weight excluding hydrogens is 252 g/mol. The molecule has 0 fully saturated rings. The summed E-state index contributed by atoms with van der Waals surface area (Å²) in [7, 11) is 0. The molecule has 0 aromatic rings. The lowest BCUT2D eigenvalue weighted by Gasteiger charge is -2.24. The Bertz CT molecular complexity index is 260. The molecule has 0 heterocycles. The molecular formula is C14H25ClO3. The van der Waals surface area contributed by atoms with E-state index < -0.39 is 16.6 Å². The minimum Gasteiger partial charge on any atom is -0.465 e. The zero-order valence-electron chi connectivity index (χ0n) is 11.8. The lowest BCUT2D eigenvalue weighted by molar-refractivity contribution is -0.159. The van der Waals surface area contributed by atoms with E-state index in [1.807, 2.05) is 0 Å². The van der Waals surface area contributed by atoms with Gasteiger partial charge in [-0.25, -0.2) is 0 Å². The summed E-state index contributed by atoms with van der Waals surface area (Å²) in [6, 6.07) is 0. The third-order valence-corrected chi connectivity index (χ3v) is 3.82. The number of carbonyl (C=O) groups excluding carboxylic acids is 2. The highest BCUT2D eigenvalue weighted by molar-refractivity contribution is 6.66. The van der Waals surface area contributed by atoms with Crippen LogP contribution in [0.3, 0.4) is 0 Å². The van der Waals surface area contributed by atoms with Gasteiger partial charge in [-0.05, 0) is 30.9 Å². The predicted molar refractivity (Wildman–Crippen MR) is 73.6 cm³/mol. The topological polar surface area (TPSA) is 43.4 Å². The van der Waals surface area contributed by atoms with Gasteiger partial charge in [0, 0.05) is 0 Å². The molecule has 0 saturated carbocycles. The van der Waals surface area contributed by atoms with Crippen molar-refractivity contribution in [3.05, 3.63) is 0 Å². The van der Waals surface area contributed by atoms with Crippen molar-refractivity contribution < 1.29 is 14.3 Å². The van der Waals surface area contributed by atoms with E-state index in [1.165, 1.54) is 12.8 Å². The summed E-state index contributed by atoms with van der Waals surface area (Å²) in [6.07, 6.45) is 6.25. The Morgan fingerprint density at radius 1 is 1.00 bits per heavy atom. The van der Waals surface area contributed by atoms with Gasteiger partial charge in [0.15, 0.2) is 0 Å². The Morgan fingerprint density at radius 2 is 1.56 bits per heavy atom. The first kappa shape index (κ1) is 17.4. The molecule has 18 heavy (non-hydrogen) atoms. The average molecular weight is 277 g/mol. The Hall–Kier alpha value is -0.570. The molecule has 0 atom stereocenters. The maximum absolute atomic E-state index is 11.9. The molecule has 0 aromatic carbocycles. The molecule has 0 saturated heterocycles. The second-order valence-electron chi connectivity index (χ2n) is 4.61. The monoisotopic (exact) mass is 276 g/mol. The molecule has 0 radical (unpaired) electrons. The molecule has 0 aliphatic heterocycles. The van der Waals surface area contributed by atoms with Gasteiger partial charge in [0.05, 0.1) is 6.61 Å². The van der Waals surface area contributed by atoms with Crippen LogP contribution in [0.2, 0.25) is 0 Å². The van der Waals surface area contributed by atoms with Crippen LogP contribution < -0.4 is 0 Å². The number of carbonyl (C=O) groups is 2. The zero-order chi connectivity index (χ0) is 14.0. The first-order valence-corrected chi connectivity index (χ1v) is 7.30. The highest BCUT2D eigenvalue weighted by Gasteiger charge is 2.43. The van der Waals surface area contributed by atoms with Crippen LogP contribution in [-0.4, -0.2) is 17.8 Å². The van der Waals surface area contributed by atoms with Gasteiger partial charge in [0.25, 0.3) is 0 Å². The maximum atomic E-state index is 11.9. The van der Waals surface area contributed by atoms with Crippen LogP contribution in [0, 0.1) is 5.41 Å². The van der Waals surface area contributed by atoms with E-state index in [0.29, 0.717) is 19.4 Å². The Balaban J connectivity index is 4.09. The van der Waals surface area contributed by atoms with E-state index >= 15 is 0 Å². The fourth-order valence-corrected chi connectivity index (χ4v) is 2.25. The number of hydrogen-bond acceptors (Lipinski definition) is 3. The lowest BCUT2D eigenvalue weighted by atomic mass is 9.84. The summed E-state index contributed by atoms with van der Waals surface area (Å²) in [5.41, 5.74) is -1.15. The Morgan fingerprint density at radius 3 is 2.00 bits per heavy atom. The molecule has 0 aliphatic carbocycles. The molecule has 0 amide bonds. The first-order chi connectivity index (χ1) is 8.55. The summed E-state index contributed by atoms with van der Waals surface area (Å²) >= 11 is 5.54. The van der Waals surface area contributed by atoms with E-state index in [1.54, 1.807) is 13.8 Å². The second-order valence-corrected chi connectivity index (χ2v) is 4.96. The van der Waals surface area contributed by atoms with Crippen molar-refractivity contribution in [3.63, 3.8) is 0 Å². The molecule has 106 valence electrons. The smallest absolute Gasteiger partial charge is 0.320 e. The minimum atomic E-state index is -1.15. The minimum absolute atomic E-state index is 0.383. The molecule has 0 bridgehead atoms. The highest BCUT2D eigenvalue weighted by Crippen LogP contribution is 2.31. The molecule has 3 nitrogen and oxygen atoms in total. The SMILES string of the molecule is CCCCCCCOC(=O)C(CC)(CC)C(=O)Cl. The van der Waals surface area contributed by atoms with Crippen LogP contribution in [0.5, 0.6) is 0 Å². The van der Waals surface area contributed by atoms with Crippen molar-refractivity contribution in [1.29, 1.82) is 0 Å². The van der Waals surface area contributed by atoms with Crippen molar-refractivity contribution in [2.24, 2.45) is 5.41 Å². The molecule has 0 rings (SSSR count). The van der Waals surface area contributed by atoms with Crippen LogP contribution >= 0.6 is 11.6 Å². The number of esters is 1. The van der Waals surface area contributed by atoms with Crippen LogP contribution in [0.25, 0.3) is 0 Å². The van der Waals surface area contributed by atoms with E-state index in [9.17, 15) is 9.59 Å². The van der Waals surface area contributed by atoms with Crippen molar-refractivity contribution in [1.82, 2.24) is 0 Å². The van der Waals surface area contributed by atoms with Crippen LogP contribution in [0.4, 0.5) is 0 Å². The quantitative estimate of drug-likeness (QED) is 0.261. The van der Waals surface area contributed by atoms with E-state index in [0.717, 1.165) is 19.3 Å². The number of ether oxygens (including phenoxy) is 1. The van der Waals surface area contributed by atoms with E-state index in [4.69, 9.17) is 16.3 Å². The third-order valence-electron chi connectivity index (χ3n) is 3.46. The van der Waals surface area contributed by atoms with Crippen molar-refractivity contribution in [3.8, 4) is 0 Å². The van der Waals surface area contributed by atoms with Crippen LogP contribution in [0.1, 0.15) is 65.7 Å². The van der Waals surface area contributed by atoms with Crippen molar-refractivity contribution in [2.75, 3.05) is 6.61 Å². The summed E-state index contributed by atoms with van der Waals surface area (Å²) in [4.78, 5) is 23.3. The second kappa shape index (κ2) is 9.37. The normalized spacial score (nSPS) is 11.3. The van der Waals surface area contributed by atoms with Gasteiger partial charge in [-0.3, -0.25) is 9.59 Å². The lowest BCUT2D eigenvalue weighted by Crippen LogP contribution is -2.37. The molecule has 0 aromatic heterocycles. The fourth-order valence-electron chi connectivity index (χ4n) is 1.91. The first-order valence-electron chi connectivity index (χ1n) is 6.92. The summed E-state index contributed by atoms with van der Waals surface area (Å²) < 4.78 is 5.19. The predicted octanol–water partition coefficient (Wildman–Crippen LogP) is 4.07. The summed E-state index contributed by atoms with van der Waals surface area (Å²) in [6.45, 7) is 6.11. The average Bonchev–Trinajstić information content (AvgIpc) is 2.35. The zero-order valence-corrected chi connectivity index (χ0v) is 12.5. The van der Waals surface area contributed by atoms with Gasteiger partial charge < -0.3 is 4.74 Å². The van der Waals surface area contributed by atoms with Crippen LogP contribution in [0.15, 0.2) is 0 Å².